The van der Waals surface area contributed by atoms with E-state index >= 15 is 0 Å². The number of carbonyl (C=O) groups is 1. The van der Waals surface area contributed by atoms with Crippen LogP contribution in [0.5, 0.6) is 0 Å². The molecule has 0 unspecified atom stereocenters. The lowest BCUT2D eigenvalue weighted by Gasteiger charge is -2.32. The number of likely N-dealkylation sites (N-methyl/N-ethyl adjacent to an activating group) is 2. The first kappa shape index (κ1) is 21.3. The SMILES string of the molecule is CN1CCN(Cc2ccc3c(c2)-c2n[nH]c(-c4ccc(CN(C)C(=O)CN)s4)c2C3)CC1. The molecule has 168 valence electrons. The van der Waals surface area contributed by atoms with E-state index in [1.54, 1.807) is 23.3 Å². The van der Waals surface area contributed by atoms with Crippen LogP contribution in [0.2, 0.25) is 0 Å². The summed E-state index contributed by atoms with van der Waals surface area (Å²) in [5, 5.41) is 7.99. The number of aromatic amines is 1. The van der Waals surface area contributed by atoms with Crippen LogP contribution in [-0.2, 0) is 24.3 Å². The molecule has 5 rings (SSSR count). The summed E-state index contributed by atoms with van der Waals surface area (Å²) < 4.78 is 0. The first-order valence-corrected chi connectivity index (χ1v) is 12.0. The van der Waals surface area contributed by atoms with E-state index in [-0.39, 0.29) is 12.5 Å². The highest BCUT2D eigenvalue weighted by molar-refractivity contribution is 7.15. The number of piperazine rings is 1. The number of fused-ring (bicyclic) bond motifs is 3. The van der Waals surface area contributed by atoms with Gasteiger partial charge < -0.3 is 15.5 Å². The van der Waals surface area contributed by atoms with E-state index in [1.807, 2.05) is 0 Å². The molecule has 1 fully saturated rings. The zero-order chi connectivity index (χ0) is 22.2. The Labute approximate surface area is 192 Å². The molecule has 0 bridgehead atoms. The van der Waals surface area contributed by atoms with Gasteiger partial charge in [0.2, 0.25) is 5.91 Å². The van der Waals surface area contributed by atoms with E-state index in [2.05, 4.69) is 52.3 Å². The van der Waals surface area contributed by atoms with Crippen molar-refractivity contribution in [2.45, 2.75) is 19.5 Å². The Hall–Kier alpha value is -2.52. The first-order valence-electron chi connectivity index (χ1n) is 11.1. The second kappa shape index (κ2) is 8.78. The number of nitrogens with zero attached hydrogens (tertiary/aromatic N) is 4. The van der Waals surface area contributed by atoms with Crippen molar-refractivity contribution in [1.82, 2.24) is 24.9 Å². The fraction of sp³-hybridized carbons (Fsp3) is 0.417. The molecule has 1 aliphatic carbocycles. The van der Waals surface area contributed by atoms with Crippen molar-refractivity contribution >= 4 is 17.2 Å². The number of thiophene rings is 1. The van der Waals surface area contributed by atoms with Crippen LogP contribution in [-0.4, -0.2) is 77.6 Å². The molecule has 0 radical (unpaired) electrons. The van der Waals surface area contributed by atoms with Crippen LogP contribution < -0.4 is 5.73 Å². The van der Waals surface area contributed by atoms with Crippen molar-refractivity contribution in [3.63, 3.8) is 0 Å². The molecule has 0 atom stereocenters. The Kier molecular flexibility index (Phi) is 5.86. The second-order valence-corrected chi connectivity index (χ2v) is 10.1. The zero-order valence-corrected chi connectivity index (χ0v) is 19.5. The maximum atomic E-state index is 11.8. The zero-order valence-electron chi connectivity index (χ0n) is 18.7. The summed E-state index contributed by atoms with van der Waals surface area (Å²) in [5.41, 5.74) is 12.9. The van der Waals surface area contributed by atoms with Crippen LogP contribution in [0, 0.1) is 0 Å². The summed E-state index contributed by atoms with van der Waals surface area (Å²) >= 11 is 1.70. The highest BCUT2D eigenvalue weighted by Crippen LogP contribution is 2.42. The molecular formula is C24H30N6OS. The highest BCUT2D eigenvalue weighted by Gasteiger charge is 2.26. The standard InChI is InChI=1S/C24H30N6OS/c1-28-7-9-30(10-8-28)14-16-3-4-17-12-20-23(19(17)11-16)26-27-24(20)21-6-5-18(32-21)15-29(2)22(31)13-25/h3-6,11H,7-10,12-15,25H2,1-2H3,(H,26,27). The predicted molar refractivity (Wildman–Crippen MR) is 128 cm³/mol. The van der Waals surface area contributed by atoms with Gasteiger partial charge in [-0.2, -0.15) is 5.10 Å². The number of aromatic nitrogens is 2. The lowest BCUT2D eigenvalue weighted by Crippen LogP contribution is -2.43. The molecular weight excluding hydrogens is 420 g/mol. The lowest BCUT2D eigenvalue weighted by molar-refractivity contribution is -0.128. The molecule has 3 N–H and O–H groups in total. The monoisotopic (exact) mass is 450 g/mol. The van der Waals surface area contributed by atoms with Gasteiger partial charge in [-0.3, -0.25) is 14.8 Å². The molecule has 1 aliphatic heterocycles. The van der Waals surface area contributed by atoms with Crippen molar-refractivity contribution < 1.29 is 4.79 Å². The van der Waals surface area contributed by atoms with Crippen molar-refractivity contribution in [2.75, 3.05) is 46.8 Å². The molecule has 8 heteroatoms. The van der Waals surface area contributed by atoms with E-state index in [1.165, 1.54) is 22.3 Å². The number of hydrogen-bond donors (Lipinski definition) is 2. The molecule has 0 saturated carbocycles. The smallest absolute Gasteiger partial charge is 0.236 e. The Morgan fingerprint density at radius 2 is 2.03 bits per heavy atom. The Balaban J connectivity index is 1.34. The number of hydrogen-bond acceptors (Lipinski definition) is 6. The summed E-state index contributed by atoms with van der Waals surface area (Å²) in [6, 6.07) is 11.1. The van der Waals surface area contributed by atoms with E-state index in [4.69, 9.17) is 10.8 Å². The van der Waals surface area contributed by atoms with E-state index in [9.17, 15) is 4.79 Å². The molecule has 32 heavy (non-hydrogen) atoms. The molecule has 7 nitrogen and oxygen atoms in total. The van der Waals surface area contributed by atoms with E-state index in [0.29, 0.717) is 6.54 Å². The second-order valence-electron chi connectivity index (χ2n) is 8.89. The maximum absolute atomic E-state index is 11.8. The minimum absolute atomic E-state index is 0.0395. The average Bonchev–Trinajstić information content (AvgIpc) is 3.50. The number of amides is 1. The number of carbonyl (C=O) groups excluding carboxylic acids is 1. The Morgan fingerprint density at radius 1 is 1.22 bits per heavy atom. The number of benzene rings is 1. The minimum atomic E-state index is -0.0507. The molecule has 3 heterocycles. The molecule has 3 aromatic rings. The fourth-order valence-corrected chi connectivity index (χ4v) is 5.67. The third-order valence-electron chi connectivity index (χ3n) is 6.57. The highest BCUT2D eigenvalue weighted by atomic mass is 32.1. The molecule has 0 spiro atoms. The van der Waals surface area contributed by atoms with Gasteiger partial charge in [-0.05, 0) is 36.4 Å². The summed E-state index contributed by atoms with van der Waals surface area (Å²) in [7, 11) is 3.98. The van der Waals surface area contributed by atoms with Gasteiger partial charge >= 0.3 is 0 Å². The average molecular weight is 451 g/mol. The Morgan fingerprint density at radius 3 is 2.81 bits per heavy atom. The van der Waals surface area contributed by atoms with Crippen molar-refractivity contribution in [3.05, 3.63) is 51.9 Å². The minimum Gasteiger partial charge on any atom is -0.340 e. The van der Waals surface area contributed by atoms with Gasteiger partial charge in [0, 0.05) is 62.2 Å². The van der Waals surface area contributed by atoms with Gasteiger partial charge in [-0.15, -0.1) is 11.3 Å². The van der Waals surface area contributed by atoms with Crippen molar-refractivity contribution in [3.8, 4) is 21.8 Å². The molecule has 2 aromatic heterocycles. The fourth-order valence-electron chi connectivity index (χ4n) is 4.59. The van der Waals surface area contributed by atoms with Crippen molar-refractivity contribution in [1.29, 1.82) is 0 Å². The van der Waals surface area contributed by atoms with Gasteiger partial charge in [0.25, 0.3) is 0 Å². The Bertz CT molecular complexity index is 1130. The summed E-state index contributed by atoms with van der Waals surface area (Å²) in [6.07, 6.45) is 0.907. The third-order valence-corrected chi connectivity index (χ3v) is 7.65. The van der Waals surface area contributed by atoms with Gasteiger partial charge in [-0.25, -0.2) is 0 Å². The predicted octanol–water partition coefficient (Wildman–Crippen LogP) is 2.37. The van der Waals surface area contributed by atoms with Crippen LogP contribution in [0.4, 0.5) is 0 Å². The quantitative estimate of drug-likeness (QED) is 0.471. The topological polar surface area (TPSA) is 81.5 Å². The van der Waals surface area contributed by atoms with Crippen LogP contribution in [0.15, 0.2) is 30.3 Å². The largest absolute Gasteiger partial charge is 0.340 e. The van der Waals surface area contributed by atoms with Crippen molar-refractivity contribution in [2.24, 2.45) is 5.73 Å². The molecule has 2 aliphatic rings. The molecule has 1 saturated heterocycles. The van der Waals surface area contributed by atoms with Gasteiger partial charge in [0.15, 0.2) is 0 Å². The summed E-state index contributed by atoms with van der Waals surface area (Å²) in [6.45, 7) is 6.13. The number of rotatable bonds is 6. The lowest BCUT2D eigenvalue weighted by atomic mass is 10.0. The molecule has 1 aromatic carbocycles. The van der Waals surface area contributed by atoms with Gasteiger partial charge in [0.1, 0.15) is 0 Å². The third kappa shape index (κ3) is 4.11. The van der Waals surface area contributed by atoms with Crippen LogP contribution in [0.1, 0.15) is 21.6 Å². The number of H-pyrrole nitrogens is 1. The molecule has 1 amide bonds. The van der Waals surface area contributed by atoms with Crippen LogP contribution in [0.3, 0.4) is 0 Å². The normalized spacial score (nSPS) is 16.2. The first-order chi connectivity index (χ1) is 15.5. The number of nitrogens with two attached hydrogens (primary N) is 1. The van der Waals surface area contributed by atoms with E-state index < -0.39 is 0 Å². The van der Waals surface area contributed by atoms with Gasteiger partial charge in [-0.1, -0.05) is 12.1 Å². The van der Waals surface area contributed by atoms with Crippen LogP contribution in [0.25, 0.3) is 21.8 Å². The number of nitrogens with one attached hydrogen (secondary N) is 1. The maximum Gasteiger partial charge on any atom is 0.236 e. The van der Waals surface area contributed by atoms with Crippen LogP contribution >= 0.6 is 11.3 Å². The summed E-state index contributed by atoms with van der Waals surface area (Å²) in [5.74, 6) is -0.0507. The van der Waals surface area contributed by atoms with Gasteiger partial charge in [0.05, 0.1) is 29.4 Å². The van der Waals surface area contributed by atoms with E-state index in [0.717, 1.165) is 60.3 Å². The summed E-state index contributed by atoms with van der Waals surface area (Å²) in [4.78, 5) is 20.7.